The molecule has 0 fully saturated rings. The Hall–Kier alpha value is -4.42. The summed E-state index contributed by atoms with van der Waals surface area (Å²) in [6.07, 6.45) is 1.80. The quantitative estimate of drug-likeness (QED) is 0.242. The molecule has 3 heterocycles. The van der Waals surface area contributed by atoms with Crippen LogP contribution < -0.4 is 0 Å². The predicted molar refractivity (Wildman–Crippen MR) is 146 cm³/mol. The molecule has 6 rings (SSSR count). The summed E-state index contributed by atoms with van der Waals surface area (Å²) in [5.74, 6) is -0.638. The van der Waals surface area contributed by atoms with Gasteiger partial charge < -0.3 is 9.30 Å². The van der Waals surface area contributed by atoms with E-state index in [1.54, 1.807) is 16.8 Å². The van der Waals surface area contributed by atoms with Gasteiger partial charge in [0.1, 0.15) is 5.69 Å². The molecule has 6 nitrogen and oxygen atoms in total. The number of esters is 1. The van der Waals surface area contributed by atoms with E-state index in [2.05, 4.69) is 4.57 Å². The molecule has 0 atom stereocenters. The van der Waals surface area contributed by atoms with Gasteiger partial charge in [-0.05, 0) is 29.8 Å². The van der Waals surface area contributed by atoms with Crippen molar-refractivity contribution < 1.29 is 14.3 Å². The lowest BCUT2D eigenvalue weighted by molar-refractivity contribution is 0.0594. The highest BCUT2D eigenvalue weighted by Gasteiger charge is 2.23. The first-order valence-electron chi connectivity index (χ1n) is 11.8. The van der Waals surface area contributed by atoms with Gasteiger partial charge in [0.25, 0.3) is 0 Å². The molecular formula is C30H22ClN3O3. The highest BCUT2D eigenvalue weighted by molar-refractivity contribution is 6.31. The van der Waals surface area contributed by atoms with Crippen molar-refractivity contribution in [2.75, 3.05) is 7.11 Å². The zero-order valence-electron chi connectivity index (χ0n) is 20.2. The second-order valence-corrected chi connectivity index (χ2v) is 9.29. The Morgan fingerprint density at radius 1 is 0.892 bits per heavy atom. The fourth-order valence-corrected chi connectivity index (χ4v) is 5.26. The molecule has 0 N–H and O–H groups in total. The van der Waals surface area contributed by atoms with E-state index < -0.39 is 5.97 Å². The molecule has 0 aliphatic rings. The summed E-state index contributed by atoms with van der Waals surface area (Å²) >= 11 is 6.57. The van der Waals surface area contributed by atoms with Crippen molar-refractivity contribution in [3.05, 3.63) is 101 Å². The van der Waals surface area contributed by atoms with Crippen LogP contribution in [0.1, 0.15) is 27.8 Å². The topological polar surface area (TPSA) is 66.1 Å². The average Bonchev–Trinajstić information content (AvgIpc) is 3.46. The molecule has 7 heteroatoms. The van der Waals surface area contributed by atoms with Gasteiger partial charge in [0.15, 0.2) is 0 Å². The van der Waals surface area contributed by atoms with Crippen molar-refractivity contribution in [2.24, 2.45) is 0 Å². The number of rotatable bonds is 4. The van der Waals surface area contributed by atoms with Crippen LogP contribution in [0.25, 0.3) is 44.0 Å². The normalized spacial score (nSPS) is 11.4. The van der Waals surface area contributed by atoms with Crippen molar-refractivity contribution in [1.29, 1.82) is 0 Å². The van der Waals surface area contributed by atoms with Crippen molar-refractivity contribution in [2.45, 2.75) is 13.5 Å². The van der Waals surface area contributed by atoms with Crippen LogP contribution in [0.15, 0.2) is 85.1 Å². The molecule has 3 aromatic carbocycles. The van der Waals surface area contributed by atoms with Gasteiger partial charge in [-0.3, -0.25) is 9.36 Å². The Bertz CT molecular complexity index is 1870. The fourth-order valence-electron chi connectivity index (χ4n) is 5.06. The molecule has 0 aliphatic heterocycles. The summed E-state index contributed by atoms with van der Waals surface area (Å²) in [4.78, 5) is 30.1. The number of pyridine rings is 1. The van der Waals surface area contributed by atoms with Crippen molar-refractivity contribution in [1.82, 2.24) is 14.1 Å². The molecule has 0 bridgehead atoms. The Kier molecular flexibility index (Phi) is 5.54. The number of halogens is 1. The van der Waals surface area contributed by atoms with Crippen LogP contribution in [-0.2, 0) is 11.3 Å². The number of benzene rings is 3. The van der Waals surface area contributed by atoms with Crippen LogP contribution in [0.2, 0.25) is 5.02 Å². The van der Waals surface area contributed by atoms with Crippen LogP contribution in [-0.4, -0.2) is 33.1 Å². The molecule has 37 heavy (non-hydrogen) atoms. The Labute approximate surface area is 217 Å². The molecule has 0 spiro atoms. The minimum Gasteiger partial charge on any atom is -0.464 e. The van der Waals surface area contributed by atoms with E-state index in [-0.39, 0.29) is 11.6 Å². The number of hydrogen-bond donors (Lipinski definition) is 0. The van der Waals surface area contributed by atoms with Crippen molar-refractivity contribution in [3.8, 4) is 11.3 Å². The Morgan fingerprint density at radius 3 is 2.30 bits per heavy atom. The van der Waals surface area contributed by atoms with E-state index in [9.17, 15) is 9.59 Å². The van der Waals surface area contributed by atoms with E-state index in [1.165, 1.54) is 14.0 Å². The van der Waals surface area contributed by atoms with E-state index in [0.29, 0.717) is 17.3 Å². The lowest BCUT2D eigenvalue weighted by atomic mass is 10.1. The first-order chi connectivity index (χ1) is 18.0. The number of fused-ring (bicyclic) bond motifs is 4. The summed E-state index contributed by atoms with van der Waals surface area (Å²) in [6, 6.07) is 25.3. The number of hydrogen-bond acceptors (Lipinski definition) is 4. The molecule has 0 radical (unpaired) electrons. The average molecular weight is 508 g/mol. The number of methoxy groups -OCH3 is 1. The molecule has 0 unspecified atom stereocenters. The van der Waals surface area contributed by atoms with Crippen molar-refractivity contribution >= 4 is 56.2 Å². The third-order valence-corrected chi connectivity index (χ3v) is 7.10. The zero-order chi connectivity index (χ0) is 25.7. The smallest absolute Gasteiger partial charge is 0.356 e. The second-order valence-electron chi connectivity index (χ2n) is 8.89. The summed E-state index contributed by atoms with van der Waals surface area (Å²) in [5, 5.41) is 3.38. The van der Waals surface area contributed by atoms with E-state index in [0.717, 1.165) is 43.8 Å². The summed E-state index contributed by atoms with van der Waals surface area (Å²) in [6.45, 7) is 2.03. The molecule has 182 valence electrons. The van der Waals surface area contributed by atoms with Crippen LogP contribution in [0.3, 0.4) is 0 Å². The Balaban J connectivity index is 1.77. The number of carbonyl (C=O) groups excluding carboxylic acids is 2. The maximum absolute atomic E-state index is 12.7. The van der Waals surface area contributed by atoms with Gasteiger partial charge in [0, 0.05) is 51.9 Å². The maximum Gasteiger partial charge on any atom is 0.356 e. The molecule has 0 saturated heterocycles. The summed E-state index contributed by atoms with van der Waals surface area (Å²) in [7, 11) is 1.34. The van der Waals surface area contributed by atoms with E-state index in [4.69, 9.17) is 21.3 Å². The maximum atomic E-state index is 12.7. The molecule has 0 amide bonds. The molecule has 6 aromatic rings. The monoisotopic (exact) mass is 507 g/mol. The fraction of sp³-hybridized carbons (Fsp3) is 0.100. The highest BCUT2D eigenvalue weighted by Crippen LogP contribution is 2.39. The van der Waals surface area contributed by atoms with E-state index >= 15 is 0 Å². The standard InChI is InChI=1S/C30H22ClN3O3/c1-18(35)33-17-23(21-11-5-7-13-26(21)33)28-29-22(15-25(32-28)30(36)37-2)20-10-4-8-14-27(20)34(29)16-19-9-3-6-12-24(19)31/h3-15,17H,16H2,1-2H3. The van der Waals surface area contributed by atoms with Crippen LogP contribution in [0, 0.1) is 0 Å². The summed E-state index contributed by atoms with van der Waals surface area (Å²) < 4.78 is 8.84. The minimum absolute atomic E-state index is 0.112. The SMILES string of the molecule is COC(=O)c1cc2c3ccccc3n(Cc3ccccc3Cl)c2c(-c2cn(C(C)=O)c3ccccc23)n1. The van der Waals surface area contributed by atoms with Gasteiger partial charge in [-0.1, -0.05) is 66.2 Å². The number of para-hydroxylation sites is 2. The van der Waals surface area contributed by atoms with Gasteiger partial charge in [-0.2, -0.15) is 0 Å². The largest absolute Gasteiger partial charge is 0.464 e. The first kappa shape index (κ1) is 23.0. The lowest BCUT2D eigenvalue weighted by Gasteiger charge is -2.12. The highest BCUT2D eigenvalue weighted by atomic mass is 35.5. The van der Waals surface area contributed by atoms with Crippen LogP contribution >= 0.6 is 11.6 Å². The van der Waals surface area contributed by atoms with Gasteiger partial charge in [-0.15, -0.1) is 0 Å². The molecule has 0 aliphatic carbocycles. The number of nitrogens with zero attached hydrogens (tertiary/aromatic N) is 3. The predicted octanol–water partition coefficient (Wildman–Crippen LogP) is 6.96. The van der Waals surface area contributed by atoms with Gasteiger partial charge in [0.2, 0.25) is 5.91 Å². The first-order valence-corrected chi connectivity index (χ1v) is 12.2. The number of ether oxygens (including phenoxy) is 1. The van der Waals surface area contributed by atoms with Crippen molar-refractivity contribution in [3.63, 3.8) is 0 Å². The lowest BCUT2D eigenvalue weighted by Crippen LogP contribution is -2.07. The second kappa shape index (κ2) is 8.91. The van der Waals surface area contributed by atoms with Gasteiger partial charge in [0.05, 0.1) is 23.8 Å². The third-order valence-electron chi connectivity index (χ3n) is 6.73. The third kappa shape index (κ3) is 3.69. The van der Waals surface area contributed by atoms with Gasteiger partial charge in [-0.25, -0.2) is 9.78 Å². The number of carbonyl (C=O) groups is 2. The summed E-state index contributed by atoms with van der Waals surface area (Å²) in [5.41, 5.74) is 5.11. The molecular weight excluding hydrogens is 486 g/mol. The van der Waals surface area contributed by atoms with Crippen LogP contribution in [0.4, 0.5) is 0 Å². The Morgan fingerprint density at radius 2 is 1.57 bits per heavy atom. The van der Waals surface area contributed by atoms with Crippen LogP contribution in [0.5, 0.6) is 0 Å². The van der Waals surface area contributed by atoms with E-state index in [1.807, 2.05) is 72.8 Å². The minimum atomic E-state index is -0.526. The van der Waals surface area contributed by atoms with Gasteiger partial charge >= 0.3 is 5.97 Å². The molecule has 0 saturated carbocycles. The molecule has 3 aromatic heterocycles. The number of aromatic nitrogens is 3. The zero-order valence-corrected chi connectivity index (χ0v) is 21.0.